The van der Waals surface area contributed by atoms with Crippen LogP contribution >= 0.6 is 11.3 Å². The lowest BCUT2D eigenvalue weighted by Crippen LogP contribution is -2.16. The number of esters is 1. The fourth-order valence-corrected chi connectivity index (χ4v) is 5.37. The lowest BCUT2D eigenvalue weighted by molar-refractivity contribution is -0.142. The number of halogens is 3. The summed E-state index contributed by atoms with van der Waals surface area (Å²) in [6.07, 6.45) is -3.97. The summed E-state index contributed by atoms with van der Waals surface area (Å²) in [4.78, 5) is 31.4. The summed E-state index contributed by atoms with van der Waals surface area (Å²) < 4.78 is 49.1. The molecule has 1 N–H and O–H groups in total. The Labute approximate surface area is 236 Å². The number of carbonyl (C=O) groups excluding carboxylic acids is 2. The van der Waals surface area contributed by atoms with E-state index < -0.39 is 23.7 Å². The number of aromatic nitrogens is 5. The van der Waals surface area contributed by atoms with Gasteiger partial charge in [0.2, 0.25) is 0 Å². The van der Waals surface area contributed by atoms with Gasteiger partial charge < -0.3 is 10.1 Å². The maximum absolute atomic E-state index is 14.0. The van der Waals surface area contributed by atoms with E-state index in [0.717, 1.165) is 17.4 Å². The van der Waals surface area contributed by atoms with E-state index in [2.05, 4.69) is 20.5 Å². The zero-order valence-electron chi connectivity index (χ0n) is 22.5. The van der Waals surface area contributed by atoms with Gasteiger partial charge >= 0.3 is 12.1 Å². The molecule has 4 heterocycles. The first kappa shape index (κ1) is 28.0. The summed E-state index contributed by atoms with van der Waals surface area (Å²) >= 11 is 1.36. The predicted octanol–water partition coefficient (Wildman–Crippen LogP) is 5.94. The van der Waals surface area contributed by atoms with Crippen LogP contribution in [0.5, 0.6) is 0 Å². The second-order valence-corrected chi connectivity index (χ2v) is 10.4. The highest BCUT2D eigenvalue weighted by Gasteiger charge is 2.36. The fourth-order valence-electron chi connectivity index (χ4n) is 4.46. The van der Waals surface area contributed by atoms with Crippen LogP contribution in [0.3, 0.4) is 0 Å². The number of alkyl halides is 3. The highest BCUT2D eigenvalue weighted by molar-refractivity contribution is 7.15. The third-order valence-corrected chi connectivity index (χ3v) is 7.83. The SMILES string of the molecule is CCc1ccc(-c2cc(C(F)(F)F)n3nc(C(=O)Nc4c(C)nn(Cc5ccccc5C(=O)OC)c4C)cc3n2)s1. The molecule has 13 heteroatoms. The number of anilines is 1. The number of nitrogens with zero attached hydrogens (tertiary/aromatic N) is 5. The molecule has 0 spiro atoms. The van der Waals surface area contributed by atoms with Crippen LogP contribution in [0, 0.1) is 13.8 Å². The monoisotopic (exact) mass is 582 g/mol. The Kier molecular flexibility index (Phi) is 7.39. The number of carbonyl (C=O) groups is 2. The molecule has 1 aromatic carbocycles. The van der Waals surface area contributed by atoms with Crippen molar-refractivity contribution in [1.29, 1.82) is 0 Å². The van der Waals surface area contributed by atoms with E-state index in [1.807, 2.05) is 13.0 Å². The van der Waals surface area contributed by atoms with E-state index >= 15 is 0 Å². The first-order chi connectivity index (χ1) is 19.5. The molecule has 0 radical (unpaired) electrons. The maximum Gasteiger partial charge on any atom is 0.433 e. The number of fused-ring (bicyclic) bond motifs is 1. The number of hydrogen-bond donors (Lipinski definition) is 1. The Morgan fingerprint density at radius 2 is 1.83 bits per heavy atom. The molecular formula is C28H25F3N6O3S. The summed E-state index contributed by atoms with van der Waals surface area (Å²) in [5, 5.41) is 11.2. The first-order valence-corrected chi connectivity index (χ1v) is 13.4. The molecule has 5 aromatic rings. The molecule has 0 aliphatic rings. The lowest BCUT2D eigenvalue weighted by atomic mass is 10.1. The van der Waals surface area contributed by atoms with Crippen LogP contribution in [0.1, 0.15) is 55.3 Å². The fraction of sp³-hybridized carbons (Fsp3) is 0.250. The zero-order chi connectivity index (χ0) is 29.5. The van der Waals surface area contributed by atoms with Crippen molar-refractivity contribution in [3.05, 3.63) is 87.3 Å². The molecule has 0 saturated carbocycles. The van der Waals surface area contributed by atoms with E-state index in [1.165, 1.54) is 24.5 Å². The molecule has 0 unspecified atom stereocenters. The molecule has 4 aromatic heterocycles. The second kappa shape index (κ2) is 10.8. The number of amides is 1. The van der Waals surface area contributed by atoms with Crippen LogP contribution in [-0.2, 0) is 23.9 Å². The van der Waals surface area contributed by atoms with Crippen molar-refractivity contribution in [3.8, 4) is 10.6 Å². The maximum atomic E-state index is 14.0. The standard InChI is InChI=1S/C28H25F3N6O3S/c1-5-18-10-11-22(41-18)20-12-23(28(29,30)31)37-24(32-20)13-21(35-37)26(38)33-25-15(2)34-36(16(25)3)14-17-8-6-7-9-19(17)27(39)40-4/h6-13H,5,14H2,1-4H3,(H,33,38). The third kappa shape index (κ3) is 5.44. The molecule has 0 fully saturated rings. The van der Waals surface area contributed by atoms with Gasteiger partial charge in [0.1, 0.15) is 0 Å². The first-order valence-electron chi connectivity index (χ1n) is 12.6. The molecule has 212 valence electrons. The quantitative estimate of drug-likeness (QED) is 0.238. The van der Waals surface area contributed by atoms with Crippen molar-refractivity contribution in [2.45, 2.75) is 39.9 Å². The van der Waals surface area contributed by atoms with E-state index in [0.29, 0.717) is 37.6 Å². The van der Waals surface area contributed by atoms with E-state index in [9.17, 15) is 22.8 Å². The molecule has 0 aliphatic heterocycles. The summed E-state index contributed by atoms with van der Waals surface area (Å²) in [7, 11) is 1.30. The Balaban J connectivity index is 1.46. The number of thiophene rings is 1. The Hall–Kier alpha value is -4.52. The van der Waals surface area contributed by atoms with Gasteiger partial charge in [0.15, 0.2) is 17.0 Å². The molecule has 0 saturated heterocycles. The van der Waals surface area contributed by atoms with Crippen LogP contribution in [0.2, 0.25) is 0 Å². The number of aryl methyl sites for hydroxylation is 2. The van der Waals surface area contributed by atoms with Gasteiger partial charge in [-0.2, -0.15) is 23.4 Å². The van der Waals surface area contributed by atoms with Crippen molar-refractivity contribution in [1.82, 2.24) is 24.4 Å². The number of benzene rings is 1. The largest absolute Gasteiger partial charge is 0.465 e. The summed E-state index contributed by atoms with van der Waals surface area (Å²) in [5.74, 6) is -1.20. The van der Waals surface area contributed by atoms with Gasteiger partial charge in [0.25, 0.3) is 5.91 Å². The van der Waals surface area contributed by atoms with Crippen LogP contribution < -0.4 is 5.32 Å². The molecule has 0 aliphatic carbocycles. The average molecular weight is 583 g/mol. The minimum atomic E-state index is -4.73. The number of methoxy groups -OCH3 is 1. The minimum absolute atomic E-state index is 0.102. The van der Waals surface area contributed by atoms with Crippen LogP contribution in [0.25, 0.3) is 16.2 Å². The molecule has 0 atom stereocenters. The lowest BCUT2D eigenvalue weighted by Gasteiger charge is -2.10. The molecular weight excluding hydrogens is 557 g/mol. The number of rotatable bonds is 7. The number of ether oxygens (including phenoxy) is 1. The van der Waals surface area contributed by atoms with Crippen LogP contribution in [0.15, 0.2) is 48.5 Å². The number of nitrogens with one attached hydrogen (secondary N) is 1. The normalized spacial score (nSPS) is 11.7. The van der Waals surface area contributed by atoms with Crippen molar-refractivity contribution in [2.75, 3.05) is 12.4 Å². The molecule has 5 rings (SSSR count). The Bertz CT molecular complexity index is 1790. The van der Waals surface area contributed by atoms with Gasteiger partial charge in [0, 0.05) is 10.9 Å². The zero-order valence-corrected chi connectivity index (χ0v) is 23.4. The van der Waals surface area contributed by atoms with Crippen molar-refractivity contribution >= 4 is 34.5 Å². The van der Waals surface area contributed by atoms with Crippen molar-refractivity contribution in [3.63, 3.8) is 0 Å². The van der Waals surface area contributed by atoms with Crippen molar-refractivity contribution in [2.24, 2.45) is 0 Å². The molecule has 1 amide bonds. The summed E-state index contributed by atoms with van der Waals surface area (Å²) in [6.45, 7) is 5.62. The van der Waals surface area contributed by atoms with E-state index in [4.69, 9.17) is 4.74 Å². The second-order valence-electron chi connectivity index (χ2n) is 9.25. The van der Waals surface area contributed by atoms with Gasteiger partial charge in [-0.25, -0.2) is 14.3 Å². The molecule has 9 nitrogen and oxygen atoms in total. The third-order valence-electron chi connectivity index (χ3n) is 6.58. The molecule has 41 heavy (non-hydrogen) atoms. The van der Waals surface area contributed by atoms with Crippen LogP contribution in [0.4, 0.5) is 18.9 Å². The van der Waals surface area contributed by atoms with Gasteiger partial charge in [-0.1, -0.05) is 25.1 Å². The average Bonchev–Trinajstić information content (AvgIpc) is 3.66. The van der Waals surface area contributed by atoms with Crippen molar-refractivity contribution < 1.29 is 27.5 Å². The predicted molar refractivity (Wildman–Crippen MR) is 147 cm³/mol. The topological polar surface area (TPSA) is 103 Å². The Morgan fingerprint density at radius 3 is 2.51 bits per heavy atom. The Morgan fingerprint density at radius 1 is 1.07 bits per heavy atom. The summed E-state index contributed by atoms with van der Waals surface area (Å²) in [5.41, 5.74) is 1.29. The smallest absolute Gasteiger partial charge is 0.433 e. The minimum Gasteiger partial charge on any atom is -0.465 e. The number of hydrogen-bond acceptors (Lipinski definition) is 7. The summed E-state index contributed by atoms with van der Waals surface area (Å²) in [6, 6.07) is 12.7. The van der Waals surface area contributed by atoms with E-state index in [1.54, 1.807) is 48.9 Å². The van der Waals surface area contributed by atoms with Gasteiger partial charge in [-0.3, -0.25) is 9.48 Å². The highest BCUT2D eigenvalue weighted by atomic mass is 32.1. The molecule has 0 bridgehead atoms. The van der Waals surface area contributed by atoms with E-state index in [-0.39, 0.29) is 23.6 Å². The van der Waals surface area contributed by atoms with Gasteiger partial charge in [-0.05, 0) is 50.1 Å². The van der Waals surface area contributed by atoms with Gasteiger partial charge in [0.05, 0.1) is 46.9 Å². The highest BCUT2D eigenvalue weighted by Crippen LogP contribution is 2.34. The van der Waals surface area contributed by atoms with Gasteiger partial charge in [-0.15, -0.1) is 11.3 Å². The van der Waals surface area contributed by atoms with Crippen LogP contribution in [-0.4, -0.2) is 43.4 Å².